The maximum atomic E-state index is 5.65. The minimum atomic E-state index is 0.432. The monoisotopic (exact) mass is 308 g/mol. The van der Waals surface area contributed by atoms with Crippen molar-refractivity contribution >= 4 is 12.2 Å². The SMILES string of the molecule is COc1ccc(-c2nnc(/C=C/c3ccccc3OC)o2)cc1. The highest BCUT2D eigenvalue weighted by molar-refractivity contribution is 5.70. The Morgan fingerprint density at radius 2 is 1.65 bits per heavy atom. The second kappa shape index (κ2) is 6.79. The molecule has 0 saturated carbocycles. The number of para-hydroxylation sites is 1. The predicted molar refractivity (Wildman–Crippen MR) is 88.2 cm³/mol. The third-order valence-corrected chi connectivity index (χ3v) is 3.32. The van der Waals surface area contributed by atoms with Crippen molar-refractivity contribution in [2.75, 3.05) is 14.2 Å². The summed E-state index contributed by atoms with van der Waals surface area (Å²) in [6.07, 6.45) is 3.64. The second-order valence-corrected chi connectivity index (χ2v) is 4.75. The van der Waals surface area contributed by atoms with Gasteiger partial charge in [0.1, 0.15) is 11.5 Å². The van der Waals surface area contributed by atoms with E-state index < -0.39 is 0 Å². The fraction of sp³-hybridized carbons (Fsp3) is 0.111. The van der Waals surface area contributed by atoms with Crippen LogP contribution in [-0.2, 0) is 0 Å². The Morgan fingerprint density at radius 3 is 2.39 bits per heavy atom. The van der Waals surface area contributed by atoms with Crippen molar-refractivity contribution in [3.8, 4) is 23.0 Å². The van der Waals surface area contributed by atoms with Crippen LogP contribution in [0.15, 0.2) is 52.9 Å². The zero-order valence-electron chi connectivity index (χ0n) is 12.9. The molecule has 0 bridgehead atoms. The molecule has 3 rings (SSSR count). The van der Waals surface area contributed by atoms with Crippen LogP contribution in [0.25, 0.3) is 23.6 Å². The second-order valence-electron chi connectivity index (χ2n) is 4.75. The van der Waals surface area contributed by atoms with E-state index in [1.807, 2.05) is 54.6 Å². The van der Waals surface area contributed by atoms with Crippen molar-refractivity contribution in [3.05, 3.63) is 60.0 Å². The first kappa shape index (κ1) is 14.8. The molecule has 3 aromatic rings. The van der Waals surface area contributed by atoms with Crippen LogP contribution in [0.2, 0.25) is 0 Å². The maximum Gasteiger partial charge on any atom is 0.248 e. The van der Waals surface area contributed by atoms with E-state index >= 15 is 0 Å². The highest BCUT2D eigenvalue weighted by atomic mass is 16.5. The average molecular weight is 308 g/mol. The van der Waals surface area contributed by atoms with Crippen LogP contribution in [0, 0.1) is 0 Å². The van der Waals surface area contributed by atoms with Gasteiger partial charge in [0.15, 0.2) is 0 Å². The van der Waals surface area contributed by atoms with Crippen molar-refractivity contribution < 1.29 is 13.9 Å². The molecule has 2 aromatic carbocycles. The van der Waals surface area contributed by atoms with Crippen molar-refractivity contribution in [1.29, 1.82) is 0 Å². The Balaban J connectivity index is 1.80. The molecular formula is C18H16N2O3. The van der Waals surface area contributed by atoms with Gasteiger partial charge in [0.05, 0.1) is 14.2 Å². The fourth-order valence-corrected chi connectivity index (χ4v) is 2.12. The number of ether oxygens (including phenoxy) is 2. The first-order valence-corrected chi connectivity index (χ1v) is 7.09. The van der Waals surface area contributed by atoms with Crippen molar-refractivity contribution in [2.24, 2.45) is 0 Å². The van der Waals surface area contributed by atoms with Gasteiger partial charge in [-0.15, -0.1) is 10.2 Å². The number of nitrogens with zero attached hydrogens (tertiary/aromatic N) is 2. The smallest absolute Gasteiger partial charge is 0.248 e. The topological polar surface area (TPSA) is 57.4 Å². The van der Waals surface area contributed by atoms with Gasteiger partial charge in [-0.05, 0) is 36.4 Å². The third-order valence-electron chi connectivity index (χ3n) is 3.32. The van der Waals surface area contributed by atoms with Crippen molar-refractivity contribution in [3.63, 3.8) is 0 Å². The molecule has 0 spiro atoms. The Kier molecular flexibility index (Phi) is 4.38. The lowest BCUT2D eigenvalue weighted by molar-refractivity contribution is 0.414. The standard InChI is InChI=1S/C18H16N2O3/c1-21-15-10-7-14(8-11-15)18-20-19-17(23-18)12-9-13-5-3-4-6-16(13)22-2/h3-12H,1-2H3/b12-9+. The molecule has 0 aliphatic heterocycles. The van der Waals surface area contributed by atoms with Gasteiger partial charge in [-0.3, -0.25) is 0 Å². The zero-order valence-corrected chi connectivity index (χ0v) is 12.9. The molecular weight excluding hydrogens is 292 g/mol. The molecule has 116 valence electrons. The molecule has 5 heteroatoms. The molecule has 1 heterocycles. The summed E-state index contributed by atoms with van der Waals surface area (Å²) in [5, 5.41) is 8.09. The molecule has 0 unspecified atom stereocenters. The molecule has 0 saturated heterocycles. The number of rotatable bonds is 5. The summed E-state index contributed by atoms with van der Waals surface area (Å²) in [5.41, 5.74) is 1.79. The predicted octanol–water partition coefficient (Wildman–Crippen LogP) is 3.92. The van der Waals surface area contributed by atoms with Crippen LogP contribution in [0.4, 0.5) is 0 Å². The van der Waals surface area contributed by atoms with E-state index in [4.69, 9.17) is 13.9 Å². The van der Waals surface area contributed by atoms with E-state index in [-0.39, 0.29) is 0 Å². The van der Waals surface area contributed by atoms with Crippen molar-refractivity contribution in [2.45, 2.75) is 0 Å². The first-order valence-electron chi connectivity index (χ1n) is 7.09. The van der Waals surface area contributed by atoms with Gasteiger partial charge < -0.3 is 13.9 Å². The van der Waals surface area contributed by atoms with Gasteiger partial charge in [-0.1, -0.05) is 18.2 Å². The minimum absolute atomic E-state index is 0.432. The molecule has 1 aromatic heterocycles. The van der Waals surface area contributed by atoms with Gasteiger partial charge in [0.2, 0.25) is 11.8 Å². The number of hydrogen-bond acceptors (Lipinski definition) is 5. The molecule has 0 atom stereocenters. The van der Waals surface area contributed by atoms with Gasteiger partial charge in [0, 0.05) is 17.2 Å². The largest absolute Gasteiger partial charge is 0.497 e. The van der Waals surface area contributed by atoms with E-state index in [0.29, 0.717) is 11.8 Å². The van der Waals surface area contributed by atoms with Crippen LogP contribution >= 0.6 is 0 Å². The Labute approximate surface area is 134 Å². The molecule has 0 aliphatic carbocycles. The summed E-state index contributed by atoms with van der Waals surface area (Å²) < 4.78 is 16.1. The van der Waals surface area contributed by atoms with E-state index in [9.17, 15) is 0 Å². The van der Waals surface area contributed by atoms with E-state index in [1.54, 1.807) is 20.3 Å². The number of hydrogen-bond donors (Lipinski definition) is 0. The quantitative estimate of drug-likeness (QED) is 0.715. The van der Waals surface area contributed by atoms with Crippen LogP contribution in [0.3, 0.4) is 0 Å². The molecule has 0 N–H and O–H groups in total. The lowest BCUT2D eigenvalue weighted by atomic mass is 10.2. The molecule has 0 amide bonds. The zero-order chi connectivity index (χ0) is 16.1. The van der Waals surface area contributed by atoms with Crippen molar-refractivity contribution in [1.82, 2.24) is 10.2 Å². The van der Waals surface area contributed by atoms with Crippen LogP contribution in [0.1, 0.15) is 11.5 Å². The lowest BCUT2D eigenvalue weighted by Gasteiger charge is -2.02. The highest BCUT2D eigenvalue weighted by Gasteiger charge is 2.07. The summed E-state index contributed by atoms with van der Waals surface area (Å²) in [6, 6.07) is 15.2. The summed E-state index contributed by atoms with van der Waals surface area (Å²) >= 11 is 0. The summed E-state index contributed by atoms with van der Waals surface area (Å²) in [4.78, 5) is 0. The molecule has 5 nitrogen and oxygen atoms in total. The maximum absolute atomic E-state index is 5.65. The Bertz CT molecular complexity index is 807. The van der Waals surface area contributed by atoms with E-state index in [1.165, 1.54) is 0 Å². The lowest BCUT2D eigenvalue weighted by Crippen LogP contribution is -1.85. The number of benzene rings is 2. The van der Waals surface area contributed by atoms with E-state index in [2.05, 4.69) is 10.2 Å². The van der Waals surface area contributed by atoms with Crippen LogP contribution in [0.5, 0.6) is 11.5 Å². The van der Waals surface area contributed by atoms with Gasteiger partial charge in [-0.2, -0.15) is 0 Å². The van der Waals surface area contributed by atoms with Crippen LogP contribution in [-0.4, -0.2) is 24.4 Å². The Morgan fingerprint density at radius 1 is 0.870 bits per heavy atom. The molecule has 0 fully saturated rings. The molecule has 0 radical (unpaired) electrons. The van der Waals surface area contributed by atoms with Gasteiger partial charge >= 0.3 is 0 Å². The fourth-order valence-electron chi connectivity index (χ4n) is 2.12. The van der Waals surface area contributed by atoms with Gasteiger partial charge in [0.25, 0.3) is 0 Å². The highest BCUT2D eigenvalue weighted by Crippen LogP contribution is 2.23. The Hall–Kier alpha value is -3.08. The minimum Gasteiger partial charge on any atom is -0.497 e. The molecule has 0 aliphatic rings. The normalized spacial score (nSPS) is 10.9. The van der Waals surface area contributed by atoms with Crippen LogP contribution < -0.4 is 9.47 Å². The molecule has 23 heavy (non-hydrogen) atoms. The van der Waals surface area contributed by atoms with Gasteiger partial charge in [-0.25, -0.2) is 0 Å². The summed E-state index contributed by atoms with van der Waals surface area (Å²) in [6.45, 7) is 0. The van der Waals surface area contributed by atoms with E-state index in [0.717, 1.165) is 22.6 Å². The number of aromatic nitrogens is 2. The first-order chi connectivity index (χ1) is 11.3. The average Bonchev–Trinajstić information content (AvgIpc) is 3.09. The third kappa shape index (κ3) is 3.40. The summed E-state index contributed by atoms with van der Waals surface area (Å²) in [7, 11) is 3.27. The summed E-state index contributed by atoms with van der Waals surface area (Å²) in [5.74, 6) is 2.47. The number of methoxy groups -OCH3 is 2.